The van der Waals surface area contributed by atoms with Gasteiger partial charge in [0.15, 0.2) is 0 Å². The number of amides is 1. The Morgan fingerprint density at radius 3 is 2.70 bits per heavy atom. The Hall–Kier alpha value is -2.86. The lowest BCUT2D eigenvalue weighted by atomic mass is 9.82. The Balaban J connectivity index is 1.60. The fraction of sp³-hybridized carbons (Fsp3) is 0.417. The third kappa shape index (κ3) is 2.98. The minimum absolute atomic E-state index is 0.0241. The van der Waals surface area contributed by atoms with Crippen LogP contribution in [0.15, 0.2) is 30.3 Å². The zero-order valence-electron chi connectivity index (χ0n) is 17.7. The van der Waals surface area contributed by atoms with E-state index < -0.39 is 6.10 Å². The predicted molar refractivity (Wildman–Crippen MR) is 118 cm³/mol. The summed E-state index contributed by atoms with van der Waals surface area (Å²) in [5.41, 5.74) is 7.40. The third-order valence-electron chi connectivity index (χ3n) is 6.73. The van der Waals surface area contributed by atoms with Gasteiger partial charge in [0.2, 0.25) is 0 Å². The van der Waals surface area contributed by atoms with E-state index in [4.69, 9.17) is 4.98 Å². The maximum Gasteiger partial charge on any atom is 0.251 e. The first-order valence-corrected chi connectivity index (χ1v) is 10.7. The summed E-state index contributed by atoms with van der Waals surface area (Å²) >= 11 is 0. The number of nitrogens with one attached hydrogen (secondary N) is 2. The number of benzene rings is 2. The van der Waals surface area contributed by atoms with E-state index in [9.17, 15) is 9.90 Å². The fourth-order valence-corrected chi connectivity index (χ4v) is 5.06. The van der Waals surface area contributed by atoms with Gasteiger partial charge < -0.3 is 20.3 Å². The molecule has 0 unspecified atom stereocenters. The Morgan fingerprint density at radius 1 is 1.33 bits per heavy atom. The van der Waals surface area contributed by atoms with Gasteiger partial charge in [-0.25, -0.2) is 4.98 Å². The molecule has 156 valence electrons. The zero-order valence-corrected chi connectivity index (χ0v) is 17.7. The van der Waals surface area contributed by atoms with Crippen molar-refractivity contribution >= 4 is 22.6 Å². The molecule has 2 aliphatic rings. The molecule has 0 fully saturated rings. The quantitative estimate of drug-likeness (QED) is 0.627. The van der Waals surface area contributed by atoms with Gasteiger partial charge in [-0.15, -0.1) is 0 Å². The van der Waals surface area contributed by atoms with Crippen molar-refractivity contribution in [3.05, 3.63) is 58.4 Å². The van der Waals surface area contributed by atoms with E-state index in [1.807, 2.05) is 24.6 Å². The zero-order chi connectivity index (χ0) is 21.0. The fourth-order valence-electron chi connectivity index (χ4n) is 5.06. The molecule has 1 aromatic heterocycles. The highest BCUT2D eigenvalue weighted by molar-refractivity contribution is 6.04. The molecule has 6 heteroatoms. The van der Waals surface area contributed by atoms with Gasteiger partial charge in [0.1, 0.15) is 11.3 Å². The Kier molecular flexibility index (Phi) is 4.36. The molecule has 0 saturated heterocycles. The summed E-state index contributed by atoms with van der Waals surface area (Å²) in [5.74, 6) is 0.783. The van der Waals surface area contributed by atoms with Crippen LogP contribution < -0.4 is 10.6 Å². The van der Waals surface area contributed by atoms with Crippen LogP contribution in [-0.4, -0.2) is 38.8 Å². The van der Waals surface area contributed by atoms with Gasteiger partial charge in [0, 0.05) is 24.7 Å². The number of aliphatic hydroxyl groups excluding tert-OH is 1. The number of fused-ring (bicyclic) bond motifs is 4. The normalized spacial score (nSPS) is 17.5. The van der Waals surface area contributed by atoms with E-state index in [0.29, 0.717) is 5.56 Å². The minimum Gasteiger partial charge on any atom is -0.392 e. The molecule has 1 amide bonds. The summed E-state index contributed by atoms with van der Waals surface area (Å²) < 4.78 is 2.04. The number of hydrogen-bond acceptors (Lipinski definition) is 4. The van der Waals surface area contributed by atoms with Crippen LogP contribution >= 0.6 is 0 Å². The number of imidazole rings is 1. The van der Waals surface area contributed by atoms with Crippen molar-refractivity contribution in [1.29, 1.82) is 0 Å². The van der Waals surface area contributed by atoms with Crippen molar-refractivity contribution in [3.8, 4) is 0 Å². The maximum atomic E-state index is 13.0. The monoisotopic (exact) mass is 404 g/mol. The second-order valence-corrected chi connectivity index (χ2v) is 8.95. The molecular formula is C24H28N4O2. The molecule has 1 aliphatic carbocycles. The first kappa shape index (κ1) is 19.1. The van der Waals surface area contributed by atoms with E-state index in [1.165, 1.54) is 11.1 Å². The van der Waals surface area contributed by atoms with Crippen molar-refractivity contribution in [2.24, 2.45) is 7.05 Å². The van der Waals surface area contributed by atoms with E-state index in [1.54, 1.807) is 6.92 Å². The van der Waals surface area contributed by atoms with Crippen LogP contribution in [0.4, 0.5) is 5.69 Å². The van der Waals surface area contributed by atoms with Crippen molar-refractivity contribution in [2.45, 2.75) is 51.2 Å². The number of aliphatic hydroxyl groups is 1. The first-order valence-electron chi connectivity index (χ1n) is 10.7. The molecule has 0 bridgehead atoms. The van der Waals surface area contributed by atoms with Gasteiger partial charge in [0.25, 0.3) is 5.91 Å². The molecule has 3 N–H and O–H groups in total. The highest BCUT2D eigenvalue weighted by Crippen LogP contribution is 2.44. The van der Waals surface area contributed by atoms with Gasteiger partial charge >= 0.3 is 0 Å². The number of carbonyl (C=O) groups excluding carboxylic acids is 1. The number of aromatic nitrogens is 2. The number of carbonyl (C=O) groups is 1. The molecule has 1 atom stereocenters. The highest BCUT2D eigenvalue weighted by Gasteiger charge is 2.41. The molecule has 1 spiro atoms. The molecule has 0 saturated carbocycles. The van der Waals surface area contributed by atoms with E-state index in [0.717, 1.165) is 53.8 Å². The van der Waals surface area contributed by atoms with Crippen LogP contribution in [-0.2, 0) is 26.3 Å². The molecule has 2 heterocycles. The Bertz CT molecular complexity index is 1140. The lowest BCUT2D eigenvalue weighted by molar-refractivity contribution is 0.0923. The largest absolute Gasteiger partial charge is 0.392 e. The Labute approximate surface area is 176 Å². The SMILES string of the molecule is Cc1nc2c3c(c(C(=O)NC[C@H](C)O)cc2n1C)CCC1(Cc2ccccc2C1)N3. The predicted octanol–water partition coefficient (Wildman–Crippen LogP) is 2.89. The third-order valence-corrected chi connectivity index (χ3v) is 6.73. The summed E-state index contributed by atoms with van der Waals surface area (Å²) in [4.78, 5) is 17.8. The summed E-state index contributed by atoms with van der Waals surface area (Å²) in [7, 11) is 1.98. The van der Waals surface area contributed by atoms with Crippen molar-refractivity contribution < 1.29 is 9.90 Å². The van der Waals surface area contributed by atoms with Gasteiger partial charge in [-0.3, -0.25) is 4.79 Å². The number of anilines is 1. The Morgan fingerprint density at radius 2 is 2.03 bits per heavy atom. The van der Waals surface area contributed by atoms with Crippen LogP contribution in [0.2, 0.25) is 0 Å². The standard InChI is InChI=1S/C24H28N4O2/c1-14(29)13-25-23(30)19-10-20-22(26-15(2)28(20)3)21-18(19)8-9-24(27-21)11-16-6-4-5-7-17(16)12-24/h4-7,10,14,27,29H,8-9,11-13H2,1-3H3,(H,25,30)/t14-/m0/s1. The van der Waals surface area contributed by atoms with Gasteiger partial charge in [-0.05, 0) is 62.3 Å². The second-order valence-electron chi connectivity index (χ2n) is 8.95. The van der Waals surface area contributed by atoms with E-state index in [-0.39, 0.29) is 18.0 Å². The van der Waals surface area contributed by atoms with Crippen molar-refractivity contribution in [3.63, 3.8) is 0 Å². The first-order chi connectivity index (χ1) is 14.4. The second kappa shape index (κ2) is 6.84. The molecule has 5 rings (SSSR count). The highest BCUT2D eigenvalue weighted by atomic mass is 16.3. The molecule has 3 aromatic rings. The van der Waals surface area contributed by atoms with Gasteiger partial charge in [-0.2, -0.15) is 0 Å². The lowest BCUT2D eigenvalue weighted by Gasteiger charge is -2.38. The van der Waals surface area contributed by atoms with Gasteiger partial charge in [-0.1, -0.05) is 24.3 Å². The number of rotatable bonds is 3. The number of nitrogens with zero attached hydrogens (tertiary/aromatic N) is 2. The van der Waals surface area contributed by atoms with Gasteiger partial charge in [0.05, 0.1) is 17.3 Å². The smallest absolute Gasteiger partial charge is 0.251 e. The molecule has 2 aromatic carbocycles. The van der Waals surface area contributed by atoms with Crippen LogP contribution in [0, 0.1) is 6.92 Å². The van der Waals surface area contributed by atoms with Crippen LogP contribution in [0.5, 0.6) is 0 Å². The average Bonchev–Trinajstić information content (AvgIpc) is 3.22. The minimum atomic E-state index is -0.578. The molecule has 6 nitrogen and oxygen atoms in total. The average molecular weight is 405 g/mol. The summed E-state index contributed by atoms with van der Waals surface area (Å²) in [5, 5.41) is 16.3. The molecular weight excluding hydrogens is 376 g/mol. The van der Waals surface area contributed by atoms with Crippen LogP contribution in [0.3, 0.4) is 0 Å². The number of hydrogen-bond donors (Lipinski definition) is 3. The summed E-state index contributed by atoms with van der Waals surface area (Å²) in [6.07, 6.45) is 3.22. The lowest BCUT2D eigenvalue weighted by Crippen LogP contribution is -2.43. The van der Waals surface area contributed by atoms with E-state index in [2.05, 4.69) is 34.9 Å². The van der Waals surface area contributed by atoms with E-state index >= 15 is 0 Å². The summed E-state index contributed by atoms with van der Waals surface area (Å²) in [6.45, 7) is 3.90. The summed E-state index contributed by atoms with van der Waals surface area (Å²) in [6, 6.07) is 10.6. The molecule has 0 radical (unpaired) electrons. The maximum absolute atomic E-state index is 13.0. The molecule has 30 heavy (non-hydrogen) atoms. The van der Waals surface area contributed by atoms with Crippen molar-refractivity contribution in [2.75, 3.05) is 11.9 Å². The van der Waals surface area contributed by atoms with Crippen molar-refractivity contribution in [1.82, 2.24) is 14.9 Å². The van der Waals surface area contributed by atoms with Crippen LogP contribution in [0.1, 0.15) is 46.2 Å². The molecule has 1 aliphatic heterocycles. The van der Waals surface area contributed by atoms with Crippen LogP contribution in [0.25, 0.3) is 11.0 Å². The number of aryl methyl sites for hydroxylation is 2. The topological polar surface area (TPSA) is 79.2 Å².